The lowest BCUT2D eigenvalue weighted by atomic mass is 9.80. The van der Waals surface area contributed by atoms with Crippen LogP contribution in [0, 0.1) is 0 Å². The molecule has 1 atom stereocenters. The van der Waals surface area contributed by atoms with Gasteiger partial charge in [0.1, 0.15) is 5.70 Å². The Labute approximate surface area is 148 Å². The van der Waals surface area contributed by atoms with Crippen LogP contribution in [-0.4, -0.2) is 43.3 Å². The molecule has 1 aromatic carbocycles. The number of methoxy groups -OCH3 is 1. The Morgan fingerprint density at radius 1 is 1.32 bits per heavy atom. The minimum absolute atomic E-state index is 0.0859. The number of esters is 2. The Morgan fingerprint density at radius 2 is 1.96 bits per heavy atom. The zero-order chi connectivity index (χ0) is 18.4. The number of carbonyl (C=O) groups is 2. The molecule has 25 heavy (non-hydrogen) atoms. The molecule has 1 fully saturated rings. The van der Waals surface area contributed by atoms with Crippen LogP contribution in [0.25, 0.3) is 0 Å². The fraction of sp³-hybridized carbons (Fsp3) is 0.421. The first-order valence-corrected chi connectivity index (χ1v) is 8.20. The molecule has 0 aliphatic heterocycles. The second kappa shape index (κ2) is 7.96. The molecule has 1 aliphatic carbocycles. The van der Waals surface area contributed by atoms with Gasteiger partial charge in [-0.25, -0.2) is 9.59 Å². The summed E-state index contributed by atoms with van der Waals surface area (Å²) in [6, 6.07) is 9.68. The predicted molar refractivity (Wildman–Crippen MR) is 94.9 cm³/mol. The van der Waals surface area contributed by atoms with Gasteiger partial charge in [0.05, 0.1) is 19.4 Å². The molecule has 0 saturated heterocycles. The Bertz CT molecular complexity index is 665. The Morgan fingerprint density at radius 3 is 2.44 bits per heavy atom. The van der Waals surface area contributed by atoms with Gasteiger partial charge in [0, 0.05) is 7.05 Å². The molecule has 2 rings (SSSR count). The molecule has 0 radical (unpaired) electrons. The first-order chi connectivity index (χ1) is 11.9. The molecular formula is C19H24N2O4. The highest BCUT2D eigenvalue weighted by molar-refractivity contribution is 5.92. The van der Waals surface area contributed by atoms with Crippen LogP contribution in [-0.2, 0) is 19.1 Å². The Balaban J connectivity index is 2.19. The largest absolute Gasteiger partial charge is 0.466 e. The summed E-state index contributed by atoms with van der Waals surface area (Å²) in [5.41, 5.74) is 0.101. The van der Waals surface area contributed by atoms with Crippen molar-refractivity contribution in [3.05, 3.63) is 47.8 Å². The minimum Gasteiger partial charge on any atom is -0.466 e. The van der Waals surface area contributed by atoms with Gasteiger partial charge >= 0.3 is 11.9 Å². The fourth-order valence-corrected chi connectivity index (χ4v) is 2.80. The van der Waals surface area contributed by atoms with Gasteiger partial charge in [-0.3, -0.25) is 4.99 Å². The summed E-state index contributed by atoms with van der Waals surface area (Å²) in [5.74, 6) is -1.13. The van der Waals surface area contributed by atoms with Gasteiger partial charge in [0.15, 0.2) is 0 Å². The molecule has 0 amide bonds. The van der Waals surface area contributed by atoms with Crippen molar-refractivity contribution in [2.24, 2.45) is 4.99 Å². The fourth-order valence-electron chi connectivity index (χ4n) is 2.80. The summed E-state index contributed by atoms with van der Waals surface area (Å²) in [6.45, 7) is 5.40. The molecular weight excluding hydrogens is 320 g/mol. The van der Waals surface area contributed by atoms with Gasteiger partial charge in [0.2, 0.25) is 5.60 Å². The molecule has 134 valence electrons. The van der Waals surface area contributed by atoms with E-state index in [4.69, 9.17) is 9.47 Å². The van der Waals surface area contributed by atoms with Crippen molar-refractivity contribution < 1.29 is 19.1 Å². The Kier molecular flexibility index (Phi) is 5.96. The molecule has 0 heterocycles. The van der Waals surface area contributed by atoms with Crippen molar-refractivity contribution in [3.63, 3.8) is 0 Å². The van der Waals surface area contributed by atoms with Crippen LogP contribution in [0.5, 0.6) is 0 Å². The normalized spacial score (nSPS) is 17.0. The van der Waals surface area contributed by atoms with Gasteiger partial charge in [-0.15, -0.1) is 0 Å². The quantitative estimate of drug-likeness (QED) is 0.432. The smallest absolute Gasteiger partial charge is 0.357 e. The van der Waals surface area contributed by atoms with Crippen LogP contribution in [0.4, 0.5) is 0 Å². The van der Waals surface area contributed by atoms with Crippen molar-refractivity contribution in [2.75, 3.05) is 14.2 Å². The second-order valence-electron chi connectivity index (χ2n) is 6.12. The van der Waals surface area contributed by atoms with E-state index in [1.165, 1.54) is 13.3 Å². The zero-order valence-electron chi connectivity index (χ0n) is 14.9. The third kappa shape index (κ3) is 3.90. The Hall–Kier alpha value is -2.63. The monoisotopic (exact) mass is 344 g/mol. The topological polar surface area (TPSA) is 68.2 Å². The summed E-state index contributed by atoms with van der Waals surface area (Å²) >= 11 is 0. The van der Waals surface area contributed by atoms with Gasteiger partial charge in [-0.2, -0.15) is 0 Å². The van der Waals surface area contributed by atoms with Crippen LogP contribution in [0.1, 0.15) is 37.8 Å². The summed E-state index contributed by atoms with van der Waals surface area (Å²) < 4.78 is 10.3. The molecule has 1 aromatic rings. The second-order valence-corrected chi connectivity index (χ2v) is 6.12. The van der Waals surface area contributed by atoms with E-state index in [9.17, 15) is 9.59 Å². The van der Waals surface area contributed by atoms with Crippen molar-refractivity contribution in [2.45, 2.75) is 37.8 Å². The van der Waals surface area contributed by atoms with Crippen LogP contribution in [0.3, 0.4) is 0 Å². The van der Waals surface area contributed by atoms with Crippen LogP contribution < -0.4 is 0 Å². The van der Waals surface area contributed by atoms with E-state index in [1.807, 2.05) is 37.3 Å². The predicted octanol–water partition coefficient (Wildman–Crippen LogP) is 2.86. The third-order valence-corrected chi connectivity index (χ3v) is 4.67. The summed E-state index contributed by atoms with van der Waals surface area (Å²) in [7, 11) is 3.07. The van der Waals surface area contributed by atoms with E-state index in [1.54, 1.807) is 11.9 Å². The molecule has 0 unspecified atom stereocenters. The maximum absolute atomic E-state index is 12.7. The van der Waals surface area contributed by atoms with E-state index in [2.05, 4.69) is 11.7 Å². The lowest BCUT2D eigenvalue weighted by Gasteiger charge is -2.39. The van der Waals surface area contributed by atoms with E-state index < -0.39 is 17.5 Å². The lowest BCUT2D eigenvalue weighted by molar-refractivity contribution is -0.189. The van der Waals surface area contributed by atoms with E-state index in [0.29, 0.717) is 12.8 Å². The average molecular weight is 344 g/mol. The molecule has 0 bridgehead atoms. The molecule has 1 aliphatic rings. The van der Waals surface area contributed by atoms with E-state index in [-0.39, 0.29) is 11.7 Å². The van der Waals surface area contributed by atoms with E-state index >= 15 is 0 Å². The number of hydrogen-bond donors (Lipinski definition) is 0. The van der Waals surface area contributed by atoms with Gasteiger partial charge < -0.3 is 14.4 Å². The minimum atomic E-state index is -1.18. The number of carbonyl (C=O) groups excluding carboxylic acids is 2. The van der Waals surface area contributed by atoms with Gasteiger partial charge in [0.25, 0.3) is 0 Å². The number of benzene rings is 1. The highest BCUT2D eigenvalue weighted by Gasteiger charge is 2.50. The maximum Gasteiger partial charge on any atom is 0.357 e. The highest BCUT2D eigenvalue weighted by Crippen LogP contribution is 2.38. The van der Waals surface area contributed by atoms with Crippen molar-refractivity contribution in [3.8, 4) is 0 Å². The summed E-state index contributed by atoms with van der Waals surface area (Å²) in [4.78, 5) is 30.2. The van der Waals surface area contributed by atoms with Crippen LogP contribution >= 0.6 is 0 Å². The zero-order valence-corrected chi connectivity index (χ0v) is 14.9. The number of rotatable bonds is 7. The van der Waals surface area contributed by atoms with Gasteiger partial charge in [-0.1, -0.05) is 30.3 Å². The average Bonchev–Trinajstić information content (AvgIpc) is 2.61. The molecule has 0 aromatic heterocycles. The standard InChI is InChI=1S/C19H24N2O4/c1-14(15-9-6-5-7-10-15)21(3)16(13-20-2)17(22)25-19(11-8-12-19)18(23)24-4/h5-7,9-10,13-14H,2,8,11-12H2,1,3-4H3/b16-13-/t14-/m1/s1. The highest BCUT2D eigenvalue weighted by atomic mass is 16.6. The number of nitrogens with zero attached hydrogens (tertiary/aromatic N) is 2. The molecule has 0 N–H and O–H groups in total. The molecule has 1 saturated carbocycles. The number of hydrogen-bond acceptors (Lipinski definition) is 6. The molecule has 0 spiro atoms. The maximum atomic E-state index is 12.7. The van der Waals surface area contributed by atoms with Crippen molar-refractivity contribution in [1.82, 2.24) is 4.90 Å². The lowest BCUT2D eigenvalue weighted by Crippen LogP contribution is -2.50. The van der Waals surface area contributed by atoms with Crippen molar-refractivity contribution >= 4 is 18.7 Å². The summed E-state index contributed by atoms with van der Waals surface area (Å²) in [6.07, 6.45) is 3.11. The van der Waals surface area contributed by atoms with Gasteiger partial charge in [-0.05, 0) is 38.5 Å². The third-order valence-electron chi connectivity index (χ3n) is 4.67. The van der Waals surface area contributed by atoms with Crippen LogP contribution in [0.2, 0.25) is 0 Å². The SMILES string of the molecule is C=N/C=C(/C(=O)OC1(C(=O)OC)CCC1)N(C)[C@H](C)c1ccccc1. The number of ether oxygens (including phenoxy) is 2. The van der Waals surface area contributed by atoms with E-state index in [0.717, 1.165) is 12.0 Å². The number of likely N-dealkylation sites (N-methyl/N-ethyl adjacent to an activating group) is 1. The summed E-state index contributed by atoms with van der Waals surface area (Å²) in [5, 5.41) is 0. The molecule has 6 nitrogen and oxygen atoms in total. The first kappa shape index (κ1) is 18.7. The van der Waals surface area contributed by atoms with Crippen molar-refractivity contribution in [1.29, 1.82) is 0 Å². The number of aliphatic imine (C=N–C) groups is 1. The first-order valence-electron chi connectivity index (χ1n) is 8.20. The van der Waals surface area contributed by atoms with Crippen LogP contribution in [0.15, 0.2) is 47.2 Å². The molecule has 6 heteroatoms.